The molecule has 2 unspecified atom stereocenters. The molecule has 2 atom stereocenters. The van der Waals surface area contributed by atoms with Gasteiger partial charge >= 0.3 is 11.9 Å². The zero-order valence-electron chi connectivity index (χ0n) is 50.6. The standard InChI is InChI=1S/C68H119NO8/c1-6-8-10-12-14-16-18-20-22-24-26-28-30-31-32-33-34-35-37-39-41-43-45-47-49-51-53-55-57-59-66(71)77-64(63-76-68(67(72)73)74-61-60-69(3,4)5)62-75-65(70)58-56-54-52-50-48-46-44-42-40-38-36-29-27-25-23-21-19-17-15-13-11-9-7-2/h8,10,14,16,19-22,25-28,36,38,64,68H,6-7,9,11-13,15,17-18,23-24,29-35,37,39-63H2,1-5H3/b10-8-,16-14-,21-19-,22-20-,27-25-,28-26-,38-36-. The monoisotopic (exact) mass is 1080 g/mol. The molecule has 0 aromatic rings. The molecule has 0 bridgehead atoms. The first-order chi connectivity index (χ1) is 37.6. The van der Waals surface area contributed by atoms with Crippen molar-refractivity contribution in [1.82, 2.24) is 0 Å². The number of unbranched alkanes of at least 4 members (excludes halogenated alkanes) is 29. The van der Waals surface area contributed by atoms with Gasteiger partial charge in [0.1, 0.15) is 13.2 Å². The predicted octanol–water partition coefficient (Wildman–Crippen LogP) is 17.8. The molecule has 0 amide bonds. The maximum Gasteiger partial charge on any atom is 0.306 e. The summed E-state index contributed by atoms with van der Waals surface area (Å²) in [5.41, 5.74) is 0. The minimum Gasteiger partial charge on any atom is -0.545 e. The molecule has 0 saturated heterocycles. The van der Waals surface area contributed by atoms with Gasteiger partial charge < -0.3 is 33.3 Å². The molecule has 9 nitrogen and oxygen atoms in total. The zero-order valence-corrected chi connectivity index (χ0v) is 50.6. The number of aliphatic carboxylic acids is 1. The molecule has 444 valence electrons. The van der Waals surface area contributed by atoms with E-state index in [9.17, 15) is 19.5 Å². The van der Waals surface area contributed by atoms with Crippen LogP contribution in [0.3, 0.4) is 0 Å². The Morgan fingerprint density at radius 1 is 0.403 bits per heavy atom. The van der Waals surface area contributed by atoms with Crippen molar-refractivity contribution in [2.24, 2.45) is 0 Å². The SMILES string of the molecule is CC/C=C\C/C=C\C/C=C\C/C=C\CCCCCCCCCCCCCCCCCCC(=O)OC(COC(=O)CCCCCCCCCC/C=C\C/C=C\C/C=C\CCCCCCC)COC(OCC[N+](C)(C)C)C(=O)[O-]. The molecular weight excluding hydrogens is 959 g/mol. The summed E-state index contributed by atoms with van der Waals surface area (Å²) in [7, 11) is 5.92. The number of ether oxygens (including phenoxy) is 4. The second-order valence-corrected chi connectivity index (χ2v) is 22.3. The van der Waals surface area contributed by atoms with Crippen LogP contribution in [0.25, 0.3) is 0 Å². The second-order valence-electron chi connectivity index (χ2n) is 22.3. The lowest BCUT2D eigenvalue weighted by Crippen LogP contribution is -2.44. The molecule has 0 spiro atoms. The maximum absolute atomic E-state index is 12.9. The van der Waals surface area contributed by atoms with Crippen LogP contribution in [-0.4, -0.2) is 82.3 Å². The predicted molar refractivity (Wildman–Crippen MR) is 324 cm³/mol. The van der Waals surface area contributed by atoms with Crippen molar-refractivity contribution in [2.75, 3.05) is 47.5 Å². The molecule has 0 aliphatic heterocycles. The smallest absolute Gasteiger partial charge is 0.306 e. The Kier molecular flexibility index (Phi) is 55.9. The van der Waals surface area contributed by atoms with Crippen LogP contribution < -0.4 is 5.11 Å². The van der Waals surface area contributed by atoms with Gasteiger partial charge in [0.2, 0.25) is 0 Å². The van der Waals surface area contributed by atoms with Crippen LogP contribution in [0.15, 0.2) is 85.1 Å². The van der Waals surface area contributed by atoms with Crippen LogP contribution in [0, 0.1) is 0 Å². The molecule has 0 N–H and O–H groups in total. The molecule has 0 aromatic heterocycles. The lowest BCUT2D eigenvalue weighted by molar-refractivity contribution is -0.870. The Balaban J connectivity index is 4.19. The van der Waals surface area contributed by atoms with Crippen LogP contribution in [0.2, 0.25) is 0 Å². The summed E-state index contributed by atoms with van der Waals surface area (Å²) >= 11 is 0. The number of carbonyl (C=O) groups excluding carboxylic acids is 3. The van der Waals surface area contributed by atoms with Gasteiger partial charge in [0.05, 0.1) is 40.3 Å². The summed E-state index contributed by atoms with van der Waals surface area (Å²) < 4.78 is 22.8. The van der Waals surface area contributed by atoms with E-state index in [1.807, 2.05) is 21.1 Å². The number of nitrogens with zero attached hydrogens (tertiary/aromatic N) is 1. The van der Waals surface area contributed by atoms with E-state index in [2.05, 4.69) is 98.9 Å². The number of quaternary nitrogens is 1. The number of likely N-dealkylation sites (N-methyl/N-ethyl adjacent to an activating group) is 1. The number of rotatable bonds is 58. The van der Waals surface area contributed by atoms with Gasteiger partial charge in [0.15, 0.2) is 12.4 Å². The van der Waals surface area contributed by atoms with E-state index in [1.165, 1.54) is 148 Å². The Morgan fingerprint density at radius 2 is 0.740 bits per heavy atom. The number of carboxylic acid groups (broad SMARTS) is 1. The summed E-state index contributed by atoms with van der Waals surface area (Å²) in [5, 5.41) is 11.8. The highest BCUT2D eigenvalue weighted by Gasteiger charge is 2.22. The van der Waals surface area contributed by atoms with Crippen LogP contribution in [0.4, 0.5) is 0 Å². The number of hydrogen-bond donors (Lipinski definition) is 0. The Morgan fingerprint density at radius 3 is 1.10 bits per heavy atom. The largest absolute Gasteiger partial charge is 0.545 e. The van der Waals surface area contributed by atoms with E-state index < -0.39 is 24.3 Å². The normalized spacial score (nSPS) is 13.3. The number of hydrogen-bond acceptors (Lipinski definition) is 8. The van der Waals surface area contributed by atoms with E-state index in [0.29, 0.717) is 17.4 Å². The third-order valence-corrected chi connectivity index (χ3v) is 13.6. The van der Waals surface area contributed by atoms with Gasteiger partial charge in [-0.1, -0.05) is 253 Å². The van der Waals surface area contributed by atoms with Crippen molar-refractivity contribution < 1.29 is 42.9 Å². The van der Waals surface area contributed by atoms with Gasteiger partial charge in [-0.2, -0.15) is 0 Å². The average Bonchev–Trinajstić information content (AvgIpc) is 3.40. The average molecular weight is 1080 g/mol. The molecule has 0 aromatic carbocycles. The van der Waals surface area contributed by atoms with Crippen molar-refractivity contribution in [3.63, 3.8) is 0 Å². The van der Waals surface area contributed by atoms with Crippen LogP contribution in [0.1, 0.15) is 271 Å². The lowest BCUT2D eigenvalue weighted by atomic mass is 10.0. The molecule has 77 heavy (non-hydrogen) atoms. The molecule has 0 radical (unpaired) electrons. The highest BCUT2D eigenvalue weighted by atomic mass is 16.7. The molecule has 0 aliphatic rings. The topological polar surface area (TPSA) is 111 Å². The fraction of sp³-hybridized carbons (Fsp3) is 0.750. The summed E-state index contributed by atoms with van der Waals surface area (Å²) in [5.74, 6) is -2.29. The number of carbonyl (C=O) groups is 3. The van der Waals surface area contributed by atoms with E-state index in [0.717, 1.165) is 89.9 Å². The third kappa shape index (κ3) is 60.0. The highest BCUT2D eigenvalue weighted by molar-refractivity contribution is 5.70. The first kappa shape index (κ1) is 73.5. The van der Waals surface area contributed by atoms with Gasteiger partial charge in [-0.05, 0) is 89.9 Å². The molecule has 0 rings (SSSR count). The zero-order chi connectivity index (χ0) is 56.2. The van der Waals surface area contributed by atoms with Crippen molar-refractivity contribution >= 4 is 17.9 Å². The van der Waals surface area contributed by atoms with Gasteiger partial charge in [-0.15, -0.1) is 0 Å². The molecule has 9 heteroatoms. The van der Waals surface area contributed by atoms with Crippen molar-refractivity contribution in [3.05, 3.63) is 85.1 Å². The Labute approximate surface area is 474 Å². The quantitative estimate of drug-likeness (QED) is 0.0195. The fourth-order valence-corrected chi connectivity index (χ4v) is 8.77. The summed E-state index contributed by atoms with van der Waals surface area (Å²) in [6, 6.07) is 0. The van der Waals surface area contributed by atoms with Gasteiger partial charge in [-0.25, -0.2) is 0 Å². The first-order valence-electron chi connectivity index (χ1n) is 31.7. The second kappa shape index (κ2) is 58.6. The number of carboxylic acids is 1. The van der Waals surface area contributed by atoms with Crippen molar-refractivity contribution in [1.29, 1.82) is 0 Å². The number of esters is 2. The minimum absolute atomic E-state index is 0.144. The van der Waals surface area contributed by atoms with Crippen LogP contribution in [0.5, 0.6) is 0 Å². The third-order valence-electron chi connectivity index (χ3n) is 13.6. The van der Waals surface area contributed by atoms with E-state index >= 15 is 0 Å². The lowest BCUT2D eigenvalue weighted by Gasteiger charge is -2.26. The van der Waals surface area contributed by atoms with Crippen molar-refractivity contribution in [3.8, 4) is 0 Å². The highest BCUT2D eigenvalue weighted by Crippen LogP contribution is 2.16. The molecular formula is C68H119NO8. The fourth-order valence-electron chi connectivity index (χ4n) is 8.77. The van der Waals surface area contributed by atoms with Crippen LogP contribution >= 0.6 is 0 Å². The maximum atomic E-state index is 12.9. The summed E-state index contributed by atoms with van der Waals surface area (Å²) in [6.07, 6.45) is 74.9. The molecule has 0 saturated carbocycles. The van der Waals surface area contributed by atoms with E-state index in [1.54, 1.807) is 0 Å². The summed E-state index contributed by atoms with van der Waals surface area (Å²) in [4.78, 5) is 37.4. The van der Waals surface area contributed by atoms with Crippen molar-refractivity contribution in [2.45, 2.75) is 283 Å². The van der Waals surface area contributed by atoms with Crippen LogP contribution in [-0.2, 0) is 33.3 Å². The first-order valence-corrected chi connectivity index (χ1v) is 31.7. The molecule has 0 fully saturated rings. The van der Waals surface area contributed by atoms with Gasteiger partial charge in [-0.3, -0.25) is 9.59 Å². The van der Waals surface area contributed by atoms with Gasteiger partial charge in [0, 0.05) is 12.8 Å². The van der Waals surface area contributed by atoms with Gasteiger partial charge in [0.25, 0.3) is 0 Å². The van der Waals surface area contributed by atoms with E-state index in [4.69, 9.17) is 18.9 Å². The Hall–Kier alpha value is -3.53. The molecule has 0 aliphatic carbocycles. The minimum atomic E-state index is -1.63. The summed E-state index contributed by atoms with van der Waals surface area (Å²) in [6.45, 7) is 4.64. The van der Waals surface area contributed by atoms with E-state index in [-0.39, 0.29) is 38.6 Å². The Bertz CT molecular complexity index is 1540. The molecule has 0 heterocycles. The number of allylic oxidation sites excluding steroid dienone is 14.